The van der Waals surface area contributed by atoms with E-state index in [0.717, 1.165) is 16.5 Å². The number of benzene rings is 3. The van der Waals surface area contributed by atoms with Crippen molar-refractivity contribution in [3.8, 4) is 5.75 Å². The number of nitrogens with one attached hydrogen (secondary N) is 1. The summed E-state index contributed by atoms with van der Waals surface area (Å²) < 4.78 is 5.62. The number of ketones is 1. The van der Waals surface area contributed by atoms with Crippen LogP contribution in [-0.4, -0.2) is 18.3 Å². The van der Waals surface area contributed by atoms with Crippen LogP contribution >= 0.6 is 0 Å². The minimum Gasteiger partial charge on any atom is -0.494 e. The first-order valence-electron chi connectivity index (χ1n) is 8.65. The average molecular weight is 347 g/mol. The summed E-state index contributed by atoms with van der Waals surface area (Å²) in [4.78, 5) is 23.4. The summed E-state index contributed by atoms with van der Waals surface area (Å²) in [6.45, 7) is 1.98. The van der Waals surface area contributed by atoms with Crippen molar-refractivity contribution in [2.45, 2.75) is 19.8 Å². The molecule has 0 atom stereocenters. The molecule has 0 saturated heterocycles. The molecule has 0 bridgehead atoms. The largest absolute Gasteiger partial charge is 0.494 e. The Bertz CT molecular complexity index is 911. The van der Waals surface area contributed by atoms with E-state index in [1.165, 1.54) is 6.92 Å². The van der Waals surface area contributed by atoms with E-state index in [2.05, 4.69) is 5.32 Å². The van der Waals surface area contributed by atoms with Crippen LogP contribution in [0, 0.1) is 0 Å². The van der Waals surface area contributed by atoms with Gasteiger partial charge in [0.05, 0.1) is 6.61 Å². The highest BCUT2D eigenvalue weighted by atomic mass is 16.5. The maximum absolute atomic E-state index is 12.2. The third-order valence-corrected chi connectivity index (χ3v) is 4.14. The van der Waals surface area contributed by atoms with E-state index in [-0.39, 0.29) is 11.7 Å². The first kappa shape index (κ1) is 17.7. The zero-order valence-corrected chi connectivity index (χ0v) is 14.7. The van der Waals surface area contributed by atoms with E-state index in [1.54, 1.807) is 24.3 Å². The highest BCUT2D eigenvalue weighted by Gasteiger charge is 2.06. The van der Waals surface area contributed by atoms with Crippen LogP contribution in [0.2, 0.25) is 0 Å². The molecule has 3 aromatic carbocycles. The Morgan fingerprint density at radius 2 is 1.65 bits per heavy atom. The van der Waals surface area contributed by atoms with Crippen molar-refractivity contribution in [1.82, 2.24) is 0 Å². The number of hydrogen-bond donors (Lipinski definition) is 1. The fraction of sp³-hybridized carbons (Fsp3) is 0.182. The van der Waals surface area contributed by atoms with Crippen LogP contribution in [-0.2, 0) is 4.79 Å². The predicted octanol–water partition coefficient (Wildman–Crippen LogP) is 4.84. The summed E-state index contributed by atoms with van der Waals surface area (Å²) in [5.41, 5.74) is 1.49. The number of carbonyl (C=O) groups is 2. The van der Waals surface area contributed by atoms with E-state index in [9.17, 15) is 9.59 Å². The number of fused-ring (bicyclic) bond motifs is 1. The van der Waals surface area contributed by atoms with Crippen LogP contribution in [0.4, 0.5) is 5.69 Å². The molecule has 3 aromatic rings. The van der Waals surface area contributed by atoms with Crippen molar-refractivity contribution in [3.63, 3.8) is 0 Å². The summed E-state index contributed by atoms with van der Waals surface area (Å²) in [5.74, 6) is 0.697. The number of hydrogen-bond acceptors (Lipinski definition) is 3. The fourth-order valence-corrected chi connectivity index (χ4v) is 2.76. The van der Waals surface area contributed by atoms with Gasteiger partial charge in [0.15, 0.2) is 5.78 Å². The maximum Gasteiger partial charge on any atom is 0.224 e. The van der Waals surface area contributed by atoms with Gasteiger partial charge in [-0.05, 0) is 49.1 Å². The van der Waals surface area contributed by atoms with E-state index in [0.29, 0.717) is 30.8 Å². The van der Waals surface area contributed by atoms with E-state index in [4.69, 9.17) is 4.74 Å². The predicted molar refractivity (Wildman–Crippen MR) is 104 cm³/mol. The van der Waals surface area contributed by atoms with Gasteiger partial charge < -0.3 is 10.1 Å². The fourth-order valence-electron chi connectivity index (χ4n) is 2.76. The average Bonchev–Trinajstić information content (AvgIpc) is 2.66. The standard InChI is InChI=1S/C22H21NO3/c1-16(24)17-11-13-19(14-12-17)26-15-5-10-22(25)23-21-9-4-7-18-6-2-3-8-20(18)21/h2-4,6-9,11-14H,5,10,15H2,1H3,(H,23,25). The quantitative estimate of drug-likeness (QED) is 0.491. The van der Waals surface area contributed by atoms with Crippen LogP contribution in [0.25, 0.3) is 10.8 Å². The molecule has 0 unspecified atom stereocenters. The molecule has 0 radical (unpaired) electrons. The summed E-state index contributed by atoms with van der Waals surface area (Å²) >= 11 is 0. The van der Waals surface area contributed by atoms with Gasteiger partial charge in [0.2, 0.25) is 5.91 Å². The summed E-state index contributed by atoms with van der Waals surface area (Å²) in [5, 5.41) is 5.10. The molecule has 1 amide bonds. The minimum atomic E-state index is -0.0307. The number of carbonyl (C=O) groups excluding carboxylic acids is 2. The normalized spacial score (nSPS) is 10.5. The van der Waals surface area contributed by atoms with Gasteiger partial charge in [0, 0.05) is 23.1 Å². The summed E-state index contributed by atoms with van der Waals surface area (Å²) in [6, 6.07) is 20.9. The van der Waals surface area contributed by atoms with Crippen molar-refractivity contribution in [2.75, 3.05) is 11.9 Å². The molecule has 26 heavy (non-hydrogen) atoms. The van der Waals surface area contributed by atoms with Gasteiger partial charge in [-0.1, -0.05) is 36.4 Å². The summed E-state index contributed by atoms with van der Waals surface area (Å²) in [6.07, 6.45) is 1.000. The van der Waals surface area contributed by atoms with Crippen molar-refractivity contribution < 1.29 is 14.3 Å². The smallest absolute Gasteiger partial charge is 0.224 e. The molecule has 1 N–H and O–H groups in total. The lowest BCUT2D eigenvalue weighted by atomic mass is 10.1. The van der Waals surface area contributed by atoms with E-state index in [1.807, 2.05) is 42.5 Å². The second-order valence-electron chi connectivity index (χ2n) is 6.11. The Morgan fingerprint density at radius 3 is 2.42 bits per heavy atom. The highest BCUT2D eigenvalue weighted by Crippen LogP contribution is 2.23. The van der Waals surface area contributed by atoms with Crippen LogP contribution in [0.3, 0.4) is 0 Å². The van der Waals surface area contributed by atoms with Gasteiger partial charge in [0.25, 0.3) is 0 Å². The van der Waals surface area contributed by atoms with Crippen molar-refractivity contribution in [1.29, 1.82) is 0 Å². The third kappa shape index (κ3) is 4.48. The zero-order chi connectivity index (χ0) is 18.4. The van der Waals surface area contributed by atoms with Crippen LogP contribution in [0.15, 0.2) is 66.7 Å². The van der Waals surface area contributed by atoms with Gasteiger partial charge in [0.1, 0.15) is 5.75 Å². The SMILES string of the molecule is CC(=O)c1ccc(OCCCC(=O)Nc2cccc3ccccc23)cc1. The topological polar surface area (TPSA) is 55.4 Å². The van der Waals surface area contributed by atoms with Gasteiger partial charge in [-0.25, -0.2) is 0 Å². The Kier molecular flexibility index (Phi) is 5.64. The Morgan fingerprint density at radius 1 is 0.923 bits per heavy atom. The third-order valence-electron chi connectivity index (χ3n) is 4.14. The maximum atomic E-state index is 12.2. The van der Waals surface area contributed by atoms with Gasteiger partial charge >= 0.3 is 0 Å². The molecule has 0 spiro atoms. The molecule has 3 rings (SSSR count). The molecule has 4 heteroatoms. The molecule has 0 aliphatic carbocycles. The molecule has 0 saturated carbocycles. The summed E-state index contributed by atoms with van der Waals surface area (Å²) in [7, 11) is 0. The molecule has 0 aromatic heterocycles. The van der Waals surface area contributed by atoms with Gasteiger partial charge in [-0.2, -0.15) is 0 Å². The molecule has 132 valence electrons. The van der Waals surface area contributed by atoms with Gasteiger partial charge in [-0.3, -0.25) is 9.59 Å². The van der Waals surface area contributed by atoms with E-state index < -0.39 is 0 Å². The van der Waals surface area contributed by atoms with E-state index >= 15 is 0 Å². The number of ether oxygens (including phenoxy) is 1. The van der Waals surface area contributed by atoms with Crippen LogP contribution in [0.1, 0.15) is 30.1 Å². The Labute approximate surface area is 152 Å². The molecule has 0 aliphatic rings. The molecule has 0 aliphatic heterocycles. The zero-order valence-electron chi connectivity index (χ0n) is 14.7. The lowest BCUT2D eigenvalue weighted by Gasteiger charge is -2.09. The molecule has 0 fully saturated rings. The lowest BCUT2D eigenvalue weighted by Crippen LogP contribution is -2.13. The van der Waals surface area contributed by atoms with Gasteiger partial charge in [-0.15, -0.1) is 0 Å². The number of Topliss-reactive ketones (excluding diaryl/α,β-unsaturated/α-hetero) is 1. The molecular weight excluding hydrogens is 326 g/mol. The molecule has 0 heterocycles. The monoisotopic (exact) mass is 347 g/mol. The highest BCUT2D eigenvalue weighted by molar-refractivity contribution is 6.02. The van der Waals surface area contributed by atoms with Crippen molar-refractivity contribution >= 4 is 28.2 Å². The first-order chi connectivity index (χ1) is 12.6. The first-order valence-corrected chi connectivity index (χ1v) is 8.65. The minimum absolute atomic E-state index is 0.0293. The van der Waals surface area contributed by atoms with Crippen LogP contribution < -0.4 is 10.1 Å². The number of rotatable bonds is 7. The van der Waals surface area contributed by atoms with Crippen molar-refractivity contribution in [2.24, 2.45) is 0 Å². The second-order valence-corrected chi connectivity index (χ2v) is 6.11. The number of amides is 1. The molecular formula is C22H21NO3. The number of anilines is 1. The van der Waals surface area contributed by atoms with Crippen molar-refractivity contribution in [3.05, 3.63) is 72.3 Å². The van der Waals surface area contributed by atoms with Crippen LogP contribution in [0.5, 0.6) is 5.75 Å². The second kappa shape index (κ2) is 8.30. The Balaban J connectivity index is 1.47. The Hall–Kier alpha value is -3.14. The molecule has 4 nitrogen and oxygen atoms in total. The lowest BCUT2D eigenvalue weighted by molar-refractivity contribution is -0.116.